The number of hydrogen-bond donors (Lipinski definition) is 1. The van der Waals surface area contributed by atoms with Gasteiger partial charge in [-0.25, -0.2) is 9.29 Å². The first-order valence-electron chi connectivity index (χ1n) is 10.8. The van der Waals surface area contributed by atoms with Crippen molar-refractivity contribution in [1.82, 2.24) is 5.32 Å². The molecule has 0 spiro atoms. The predicted molar refractivity (Wildman–Crippen MR) is 128 cm³/mol. The first kappa shape index (κ1) is 23.5. The molecule has 3 aromatic carbocycles. The molecule has 6 nitrogen and oxygen atoms in total. The van der Waals surface area contributed by atoms with Gasteiger partial charge in [-0.05, 0) is 59.7 Å². The van der Waals surface area contributed by atoms with E-state index in [1.807, 2.05) is 0 Å². The second-order valence-corrected chi connectivity index (χ2v) is 9.33. The Balaban J connectivity index is 1.75. The lowest BCUT2D eigenvalue weighted by atomic mass is 9.72. The van der Waals surface area contributed by atoms with Crippen LogP contribution >= 0.6 is 23.2 Å². The van der Waals surface area contributed by atoms with Gasteiger partial charge < -0.3 is 4.74 Å². The average Bonchev–Trinajstić information content (AvgIpc) is 3.35. The van der Waals surface area contributed by atoms with Crippen molar-refractivity contribution in [2.45, 2.75) is 11.6 Å². The van der Waals surface area contributed by atoms with Crippen LogP contribution in [0.2, 0.25) is 10.0 Å². The van der Waals surface area contributed by atoms with Crippen LogP contribution in [-0.2, 0) is 24.7 Å². The van der Waals surface area contributed by atoms with Crippen LogP contribution in [0, 0.1) is 17.7 Å². The Morgan fingerprint density at radius 2 is 1.40 bits per heavy atom. The van der Waals surface area contributed by atoms with Gasteiger partial charge in [-0.3, -0.25) is 19.7 Å². The van der Waals surface area contributed by atoms with E-state index in [2.05, 4.69) is 5.32 Å². The minimum Gasteiger partial charge on any atom is -0.468 e. The van der Waals surface area contributed by atoms with E-state index in [0.717, 1.165) is 4.90 Å². The first-order chi connectivity index (χ1) is 16.8. The smallest absolute Gasteiger partial charge is 0.323 e. The molecule has 2 aliphatic rings. The fraction of sp³-hybridized carbons (Fsp3) is 0.192. The summed E-state index contributed by atoms with van der Waals surface area (Å²) >= 11 is 12.3. The van der Waals surface area contributed by atoms with Crippen molar-refractivity contribution in [3.8, 4) is 0 Å². The van der Waals surface area contributed by atoms with E-state index in [-0.39, 0.29) is 5.69 Å². The standard InChI is InChI=1S/C26H19Cl2FN2O4/c1-35-25(34)22-20-21(24(33)31(23(20)32)19-12-10-18(29)11-13-19)26(30-22,14-2-6-16(27)7-3-14)15-4-8-17(28)9-5-15/h2-13,20-22,30H,1H3/t20-,21+,22-/m1/s1. The maximum Gasteiger partial charge on any atom is 0.323 e. The summed E-state index contributed by atoms with van der Waals surface area (Å²) in [5, 5.41) is 4.26. The molecule has 2 saturated heterocycles. The fourth-order valence-electron chi connectivity index (χ4n) is 5.20. The highest BCUT2D eigenvalue weighted by molar-refractivity contribution is 6.31. The zero-order valence-corrected chi connectivity index (χ0v) is 19.9. The van der Waals surface area contributed by atoms with E-state index in [1.165, 1.54) is 31.4 Å². The lowest BCUT2D eigenvalue weighted by Crippen LogP contribution is -2.51. The molecule has 2 aliphatic heterocycles. The lowest BCUT2D eigenvalue weighted by Gasteiger charge is -2.36. The molecule has 0 aromatic heterocycles. The number of fused-ring (bicyclic) bond motifs is 1. The highest BCUT2D eigenvalue weighted by Gasteiger charge is 2.68. The SMILES string of the molecule is COC(=O)[C@@H]1NC(c2ccc(Cl)cc2)(c2ccc(Cl)cc2)[C@@H]2C(=O)N(c3ccc(F)cc3)C(=O)[C@H]21. The van der Waals surface area contributed by atoms with Crippen molar-refractivity contribution in [3.63, 3.8) is 0 Å². The number of anilines is 1. The Morgan fingerprint density at radius 3 is 1.89 bits per heavy atom. The monoisotopic (exact) mass is 512 g/mol. The van der Waals surface area contributed by atoms with E-state index in [9.17, 15) is 18.8 Å². The van der Waals surface area contributed by atoms with E-state index < -0.39 is 47.0 Å². The molecule has 0 radical (unpaired) electrons. The molecular formula is C26H19Cl2FN2O4. The van der Waals surface area contributed by atoms with Crippen molar-refractivity contribution in [3.05, 3.63) is 99.8 Å². The second-order valence-electron chi connectivity index (χ2n) is 8.46. The van der Waals surface area contributed by atoms with E-state index >= 15 is 0 Å². The number of carbonyl (C=O) groups excluding carboxylic acids is 3. The molecular weight excluding hydrogens is 494 g/mol. The van der Waals surface area contributed by atoms with Gasteiger partial charge in [0.1, 0.15) is 11.9 Å². The van der Waals surface area contributed by atoms with Crippen LogP contribution in [0.5, 0.6) is 0 Å². The van der Waals surface area contributed by atoms with Crippen molar-refractivity contribution >= 4 is 46.7 Å². The summed E-state index contributed by atoms with van der Waals surface area (Å²) in [6.07, 6.45) is 0. The van der Waals surface area contributed by atoms with Gasteiger partial charge in [0.15, 0.2) is 0 Å². The van der Waals surface area contributed by atoms with Crippen LogP contribution in [0.4, 0.5) is 10.1 Å². The fourth-order valence-corrected chi connectivity index (χ4v) is 5.45. The molecule has 178 valence electrons. The average molecular weight is 513 g/mol. The number of carbonyl (C=O) groups is 3. The number of halogens is 3. The summed E-state index contributed by atoms with van der Waals surface area (Å²) in [7, 11) is 1.22. The maximum absolute atomic E-state index is 14.0. The largest absolute Gasteiger partial charge is 0.468 e. The van der Waals surface area contributed by atoms with E-state index in [4.69, 9.17) is 27.9 Å². The number of ether oxygens (including phenoxy) is 1. The molecule has 0 aliphatic carbocycles. The Morgan fingerprint density at radius 1 is 0.886 bits per heavy atom. The molecule has 0 unspecified atom stereocenters. The third-order valence-corrected chi connectivity index (χ3v) is 7.20. The van der Waals surface area contributed by atoms with Gasteiger partial charge in [0.25, 0.3) is 0 Å². The predicted octanol–water partition coefficient (Wildman–Crippen LogP) is 4.33. The first-order valence-corrected chi connectivity index (χ1v) is 11.5. The molecule has 2 fully saturated rings. The van der Waals surface area contributed by atoms with Crippen LogP contribution in [0.1, 0.15) is 11.1 Å². The zero-order chi connectivity index (χ0) is 24.9. The molecule has 5 rings (SSSR count). The normalized spacial score (nSPS) is 22.9. The molecule has 0 saturated carbocycles. The number of benzene rings is 3. The van der Waals surface area contributed by atoms with Gasteiger partial charge in [0, 0.05) is 10.0 Å². The zero-order valence-electron chi connectivity index (χ0n) is 18.4. The number of rotatable bonds is 4. The third-order valence-electron chi connectivity index (χ3n) is 6.70. The Labute approximate surface area is 210 Å². The van der Waals surface area contributed by atoms with Gasteiger partial charge in [-0.15, -0.1) is 0 Å². The Kier molecular flexibility index (Phi) is 5.87. The topological polar surface area (TPSA) is 75.7 Å². The van der Waals surface area contributed by atoms with Crippen molar-refractivity contribution in [2.24, 2.45) is 11.8 Å². The second kappa shape index (κ2) is 8.75. The van der Waals surface area contributed by atoms with Gasteiger partial charge in [-0.1, -0.05) is 47.5 Å². The number of methoxy groups -OCH3 is 1. The summed E-state index contributed by atoms with van der Waals surface area (Å²) in [6.45, 7) is 0. The summed E-state index contributed by atoms with van der Waals surface area (Å²) < 4.78 is 18.6. The Hall–Kier alpha value is -3.26. The number of nitrogens with one attached hydrogen (secondary N) is 1. The van der Waals surface area contributed by atoms with Gasteiger partial charge in [0.2, 0.25) is 11.8 Å². The van der Waals surface area contributed by atoms with Crippen LogP contribution in [0.25, 0.3) is 0 Å². The molecule has 0 bridgehead atoms. The number of imide groups is 1. The van der Waals surface area contributed by atoms with Crippen LogP contribution in [0.3, 0.4) is 0 Å². The van der Waals surface area contributed by atoms with Crippen molar-refractivity contribution < 1.29 is 23.5 Å². The highest BCUT2D eigenvalue weighted by atomic mass is 35.5. The van der Waals surface area contributed by atoms with Gasteiger partial charge >= 0.3 is 5.97 Å². The summed E-state index contributed by atoms with van der Waals surface area (Å²) in [5.74, 6) is -4.33. The Bertz CT molecular complexity index is 1270. The summed E-state index contributed by atoms with van der Waals surface area (Å²) in [5.41, 5.74) is 0.209. The van der Waals surface area contributed by atoms with Gasteiger partial charge in [0.05, 0.1) is 30.2 Å². The lowest BCUT2D eigenvalue weighted by molar-refractivity contribution is -0.145. The molecule has 1 N–H and O–H groups in total. The molecule has 3 atom stereocenters. The number of nitrogens with zero attached hydrogens (tertiary/aromatic N) is 1. The van der Waals surface area contributed by atoms with E-state index in [0.29, 0.717) is 21.2 Å². The summed E-state index contributed by atoms with van der Waals surface area (Å²) in [6, 6.07) is 17.7. The number of esters is 1. The van der Waals surface area contributed by atoms with Crippen LogP contribution in [-0.4, -0.2) is 30.9 Å². The number of amides is 2. The highest BCUT2D eigenvalue weighted by Crippen LogP contribution is 2.52. The van der Waals surface area contributed by atoms with Crippen molar-refractivity contribution in [1.29, 1.82) is 0 Å². The van der Waals surface area contributed by atoms with Gasteiger partial charge in [-0.2, -0.15) is 0 Å². The molecule has 3 aromatic rings. The molecule has 2 heterocycles. The quantitative estimate of drug-likeness (QED) is 0.416. The van der Waals surface area contributed by atoms with Crippen LogP contribution < -0.4 is 10.2 Å². The third kappa shape index (κ3) is 3.62. The maximum atomic E-state index is 14.0. The molecule has 2 amide bonds. The van der Waals surface area contributed by atoms with Crippen LogP contribution in [0.15, 0.2) is 72.8 Å². The molecule has 9 heteroatoms. The van der Waals surface area contributed by atoms with Crippen molar-refractivity contribution in [2.75, 3.05) is 12.0 Å². The minimum atomic E-state index is -1.28. The minimum absolute atomic E-state index is 0.223. The summed E-state index contributed by atoms with van der Waals surface area (Å²) in [4.78, 5) is 41.6. The van der Waals surface area contributed by atoms with E-state index in [1.54, 1.807) is 48.5 Å². The number of hydrogen-bond acceptors (Lipinski definition) is 5. The molecule has 35 heavy (non-hydrogen) atoms.